The van der Waals surface area contributed by atoms with Gasteiger partial charge in [0.25, 0.3) is 11.8 Å². The van der Waals surface area contributed by atoms with E-state index in [2.05, 4.69) is 30.3 Å². The highest BCUT2D eigenvalue weighted by Crippen LogP contribution is 2.31. The summed E-state index contributed by atoms with van der Waals surface area (Å²) in [5.74, 6) is -5.89. The zero-order chi connectivity index (χ0) is 24.0. The molecule has 15 heteroatoms. The predicted octanol–water partition coefficient (Wildman–Crippen LogP) is 1.76. The molecule has 176 valence electrons. The van der Waals surface area contributed by atoms with E-state index < -0.39 is 47.3 Å². The van der Waals surface area contributed by atoms with Gasteiger partial charge in [0.15, 0.2) is 11.3 Å². The van der Waals surface area contributed by atoms with E-state index in [1.807, 2.05) is 5.32 Å². The Morgan fingerprint density at radius 3 is 2.73 bits per heavy atom. The van der Waals surface area contributed by atoms with E-state index >= 15 is 0 Å². The Kier molecular flexibility index (Phi) is 5.49. The first-order valence-corrected chi connectivity index (χ1v) is 9.61. The Bertz CT molecular complexity index is 1200. The third-order valence-corrected chi connectivity index (χ3v) is 5.06. The van der Waals surface area contributed by atoms with Gasteiger partial charge < -0.3 is 10.6 Å². The summed E-state index contributed by atoms with van der Waals surface area (Å²) in [6, 6.07) is -0.314. The molecular weight excluding hydrogens is 457 g/mol. The SMILES string of the molecule is CC(F)(F)c1nonc1C(=O)NCc1cn2ncc(C[C@H]3CC(C(F)(F)F)NC3=O)cc2n1. The molecule has 3 aromatic rings. The van der Waals surface area contributed by atoms with Crippen molar-refractivity contribution in [3.05, 3.63) is 41.1 Å². The molecule has 4 heterocycles. The number of alkyl halides is 5. The van der Waals surface area contributed by atoms with Crippen molar-refractivity contribution in [3.63, 3.8) is 0 Å². The van der Waals surface area contributed by atoms with Gasteiger partial charge in [0.2, 0.25) is 11.6 Å². The molecule has 2 N–H and O–H groups in total. The first-order valence-electron chi connectivity index (χ1n) is 9.61. The average Bonchev–Trinajstić information content (AvgIpc) is 3.43. The van der Waals surface area contributed by atoms with Crippen molar-refractivity contribution in [3.8, 4) is 0 Å². The van der Waals surface area contributed by atoms with Gasteiger partial charge in [0, 0.05) is 12.8 Å². The summed E-state index contributed by atoms with van der Waals surface area (Å²) >= 11 is 0. The highest BCUT2D eigenvalue weighted by atomic mass is 19.4. The number of hydrogen-bond acceptors (Lipinski definition) is 7. The van der Waals surface area contributed by atoms with Crippen LogP contribution in [0.4, 0.5) is 22.0 Å². The highest BCUT2D eigenvalue weighted by Gasteiger charge is 2.47. The van der Waals surface area contributed by atoms with Gasteiger partial charge in [-0.1, -0.05) is 0 Å². The first kappa shape index (κ1) is 22.5. The molecule has 0 aromatic carbocycles. The van der Waals surface area contributed by atoms with Crippen LogP contribution >= 0.6 is 0 Å². The van der Waals surface area contributed by atoms with Crippen LogP contribution in [0, 0.1) is 5.92 Å². The summed E-state index contributed by atoms with van der Waals surface area (Å²) in [4.78, 5) is 28.3. The van der Waals surface area contributed by atoms with Crippen LogP contribution in [0.25, 0.3) is 5.65 Å². The topological polar surface area (TPSA) is 127 Å². The highest BCUT2D eigenvalue weighted by molar-refractivity contribution is 5.93. The van der Waals surface area contributed by atoms with Crippen molar-refractivity contribution in [2.24, 2.45) is 5.92 Å². The smallest absolute Gasteiger partial charge is 0.345 e. The maximum atomic E-state index is 13.5. The third-order valence-electron chi connectivity index (χ3n) is 5.06. The van der Waals surface area contributed by atoms with E-state index in [0.717, 1.165) is 0 Å². The fourth-order valence-corrected chi connectivity index (χ4v) is 3.46. The summed E-state index contributed by atoms with van der Waals surface area (Å²) in [6.45, 7) is 0.393. The molecule has 1 fully saturated rings. The van der Waals surface area contributed by atoms with Crippen molar-refractivity contribution in [1.82, 2.24) is 35.5 Å². The molecule has 1 aliphatic heterocycles. The minimum atomic E-state index is -4.51. The van der Waals surface area contributed by atoms with Crippen LogP contribution in [-0.4, -0.2) is 48.9 Å². The molecule has 0 saturated carbocycles. The second kappa shape index (κ2) is 8.04. The second-order valence-corrected chi connectivity index (χ2v) is 7.67. The standard InChI is InChI=1S/C18H16F5N7O3/c1-17(19,20)14-13(28-33-29-14)16(32)24-6-10-7-30-12(26-10)3-8(5-25-30)2-9-4-11(18(21,22)23)27-15(9)31/h3,5,7,9,11H,2,4,6H2,1H3,(H,24,32)(H,27,31)/t9-,11?/m0/s1. The van der Waals surface area contributed by atoms with Crippen LogP contribution in [0.1, 0.15) is 40.8 Å². The molecule has 2 amide bonds. The number of hydrogen-bond donors (Lipinski definition) is 2. The number of aromatic nitrogens is 5. The summed E-state index contributed by atoms with van der Waals surface area (Å²) in [5, 5.41) is 14.7. The predicted molar refractivity (Wildman–Crippen MR) is 97.8 cm³/mol. The molecule has 0 aliphatic carbocycles. The number of carbonyl (C=O) groups excluding carboxylic acids is 2. The number of imidazole rings is 1. The van der Waals surface area contributed by atoms with Gasteiger partial charge in [0.1, 0.15) is 6.04 Å². The largest absolute Gasteiger partial charge is 0.408 e. The van der Waals surface area contributed by atoms with E-state index in [1.165, 1.54) is 16.9 Å². The number of fused-ring (bicyclic) bond motifs is 1. The molecule has 0 radical (unpaired) electrons. The zero-order valence-electron chi connectivity index (χ0n) is 16.9. The van der Waals surface area contributed by atoms with Crippen molar-refractivity contribution in [1.29, 1.82) is 0 Å². The minimum absolute atomic E-state index is 0.0496. The van der Waals surface area contributed by atoms with Gasteiger partial charge in [-0.05, 0) is 34.8 Å². The van der Waals surface area contributed by atoms with Crippen LogP contribution in [0.3, 0.4) is 0 Å². The normalized spacial score (nSPS) is 19.2. The summed E-state index contributed by atoms with van der Waals surface area (Å²) in [6.07, 6.45) is -1.95. The van der Waals surface area contributed by atoms with Crippen molar-refractivity contribution in [2.75, 3.05) is 0 Å². The maximum absolute atomic E-state index is 13.5. The minimum Gasteiger partial charge on any atom is -0.345 e. The van der Waals surface area contributed by atoms with E-state index in [4.69, 9.17) is 0 Å². The van der Waals surface area contributed by atoms with Gasteiger partial charge in [-0.15, -0.1) is 0 Å². The van der Waals surface area contributed by atoms with Crippen LogP contribution < -0.4 is 10.6 Å². The first-order chi connectivity index (χ1) is 15.4. The summed E-state index contributed by atoms with van der Waals surface area (Å²) in [7, 11) is 0. The number of amides is 2. The molecule has 0 bridgehead atoms. The fraction of sp³-hybridized carbons (Fsp3) is 0.444. The van der Waals surface area contributed by atoms with Gasteiger partial charge >= 0.3 is 6.18 Å². The number of halogens is 5. The Morgan fingerprint density at radius 2 is 2.06 bits per heavy atom. The molecule has 4 rings (SSSR count). The quantitative estimate of drug-likeness (QED) is 0.523. The van der Waals surface area contributed by atoms with Crippen molar-refractivity contribution >= 4 is 17.5 Å². The molecule has 2 atom stereocenters. The maximum Gasteiger partial charge on any atom is 0.408 e. The number of rotatable bonds is 6. The molecule has 3 aromatic heterocycles. The Labute approximate surface area is 181 Å². The van der Waals surface area contributed by atoms with Crippen LogP contribution in [0.15, 0.2) is 23.1 Å². The van der Waals surface area contributed by atoms with Crippen LogP contribution in [-0.2, 0) is 23.7 Å². The summed E-state index contributed by atoms with van der Waals surface area (Å²) < 4.78 is 71.0. The molecule has 1 unspecified atom stereocenters. The molecular formula is C18H16F5N7O3. The Morgan fingerprint density at radius 1 is 1.30 bits per heavy atom. The third kappa shape index (κ3) is 4.75. The lowest BCUT2D eigenvalue weighted by atomic mass is 9.97. The fourth-order valence-electron chi connectivity index (χ4n) is 3.46. The van der Waals surface area contributed by atoms with Gasteiger partial charge in [0.05, 0.1) is 24.6 Å². The monoisotopic (exact) mass is 473 g/mol. The Hall–Kier alpha value is -3.65. The van der Waals surface area contributed by atoms with Crippen molar-refractivity contribution < 1.29 is 36.2 Å². The van der Waals surface area contributed by atoms with Crippen molar-refractivity contribution in [2.45, 2.75) is 44.5 Å². The number of nitrogens with zero attached hydrogens (tertiary/aromatic N) is 5. The second-order valence-electron chi connectivity index (χ2n) is 7.67. The molecule has 0 spiro atoms. The van der Waals surface area contributed by atoms with Crippen LogP contribution in [0.2, 0.25) is 0 Å². The van der Waals surface area contributed by atoms with Gasteiger partial charge in [-0.3, -0.25) is 9.59 Å². The van der Waals surface area contributed by atoms with E-state index in [9.17, 15) is 31.5 Å². The lowest BCUT2D eigenvalue weighted by Gasteiger charge is -2.13. The zero-order valence-corrected chi connectivity index (χ0v) is 16.9. The van der Waals surface area contributed by atoms with Gasteiger partial charge in [-0.2, -0.15) is 27.1 Å². The molecule has 10 nitrogen and oxygen atoms in total. The lowest BCUT2D eigenvalue weighted by Crippen LogP contribution is -2.38. The molecule has 33 heavy (non-hydrogen) atoms. The van der Waals surface area contributed by atoms with E-state index in [-0.39, 0.29) is 19.4 Å². The Balaban J connectivity index is 1.42. The van der Waals surface area contributed by atoms with Crippen LogP contribution in [0.5, 0.6) is 0 Å². The number of carbonyl (C=O) groups is 2. The average molecular weight is 473 g/mol. The van der Waals surface area contributed by atoms with E-state index in [0.29, 0.717) is 23.8 Å². The van der Waals surface area contributed by atoms with Gasteiger partial charge in [-0.25, -0.2) is 14.1 Å². The lowest BCUT2D eigenvalue weighted by molar-refractivity contribution is -0.154. The number of nitrogens with one attached hydrogen (secondary N) is 2. The molecule has 1 saturated heterocycles. The molecule has 1 aliphatic rings. The van der Waals surface area contributed by atoms with E-state index in [1.54, 1.807) is 6.07 Å². The summed E-state index contributed by atoms with van der Waals surface area (Å²) in [5.41, 5.74) is -0.393.